The van der Waals surface area contributed by atoms with Gasteiger partial charge in [-0.05, 0) is 48.2 Å². The Bertz CT molecular complexity index is 1190. The normalized spacial score (nSPS) is 12.0. The number of carbonyl (C=O) groups excluding carboxylic acids is 2. The number of benzene rings is 2. The minimum Gasteiger partial charge on any atom is -0.495 e. The maximum atomic E-state index is 13.2. The third kappa shape index (κ3) is 6.01. The lowest BCUT2D eigenvalue weighted by Gasteiger charge is -2.16. The standard InChI is InChI=1S/C23H19FN2O6S/c1-14(22(27)25-19-13-17(26(29)30)9-10-20(19)31-2)32-23(28)18(21-4-3-11-33-21)12-15-5-7-16(24)8-6-15/h3-14H,1-2H3,(H,25,27)/b18-12+/t14-/m0/s1. The molecule has 0 spiro atoms. The first-order valence-electron chi connectivity index (χ1n) is 9.64. The number of non-ortho nitro benzene ring substituents is 1. The van der Waals surface area contributed by atoms with Gasteiger partial charge >= 0.3 is 5.97 Å². The molecule has 0 saturated carbocycles. The molecule has 0 aliphatic carbocycles. The topological polar surface area (TPSA) is 108 Å². The first-order chi connectivity index (χ1) is 15.8. The summed E-state index contributed by atoms with van der Waals surface area (Å²) < 4.78 is 23.7. The summed E-state index contributed by atoms with van der Waals surface area (Å²) in [5, 5.41) is 15.3. The van der Waals surface area contributed by atoms with Crippen LogP contribution in [0.25, 0.3) is 11.6 Å². The Morgan fingerprint density at radius 2 is 1.91 bits per heavy atom. The SMILES string of the molecule is COc1ccc([N+](=O)[O-])cc1NC(=O)[C@H](C)OC(=O)/C(=C/c1ccc(F)cc1)c1cccs1. The molecule has 0 unspecified atom stereocenters. The summed E-state index contributed by atoms with van der Waals surface area (Å²) in [5.74, 6) is -1.65. The lowest BCUT2D eigenvalue weighted by Crippen LogP contribution is -2.30. The molecule has 0 aliphatic rings. The Kier molecular flexibility index (Phi) is 7.52. The molecule has 0 saturated heterocycles. The first-order valence-corrected chi connectivity index (χ1v) is 10.5. The van der Waals surface area contributed by atoms with Crippen molar-refractivity contribution in [3.63, 3.8) is 0 Å². The molecule has 0 radical (unpaired) electrons. The molecule has 3 aromatic rings. The van der Waals surface area contributed by atoms with Gasteiger partial charge in [0, 0.05) is 17.0 Å². The Hall–Kier alpha value is -4.05. The number of hydrogen-bond acceptors (Lipinski definition) is 7. The average Bonchev–Trinajstić information content (AvgIpc) is 3.33. The van der Waals surface area contributed by atoms with Crippen molar-refractivity contribution in [2.75, 3.05) is 12.4 Å². The predicted molar refractivity (Wildman–Crippen MR) is 122 cm³/mol. The van der Waals surface area contributed by atoms with Crippen molar-refractivity contribution in [1.82, 2.24) is 0 Å². The second-order valence-corrected chi connectivity index (χ2v) is 7.71. The van der Waals surface area contributed by atoms with E-state index >= 15 is 0 Å². The number of rotatable bonds is 8. The highest BCUT2D eigenvalue weighted by molar-refractivity contribution is 7.11. The lowest BCUT2D eigenvalue weighted by molar-refractivity contribution is -0.384. The van der Waals surface area contributed by atoms with Gasteiger partial charge < -0.3 is 14.8 Å². The molecule has 1 amide bonds. The maximum absolute atomic E-state index is 13.2. The molecule has 0 fully saturated rings. The number of nitrogens with one attached hydrogen (secondary N) is 1. The van der Waals surface area contributed by atoms with Crippen LogP contribution in [0.15, 0.2) is 60.0 Å². The Balaban J connectivity index is 1.79. The van der Waals surface area contributed by atoms with E-state index in [9.17, 15) is 24.1 Å². The van der Waals surface area contributed by atoms with Gasteiger partial charge in [-0.2, -0.15) is 0 Å². The molecular formula is C23H19FN2O6S. The number of nitro benzene ring substituents is 1. The summed E-state index contributed by atoms with van der Waals surface area (Å²) in [6.45, 7) is 1.38. The molecule has 0 bridgehead atoms. The number of methoxy groups -OCH3 is 1. The van der Waals surface area contributed by atoms with Crippen LogP contribution in [0.2, 0.25) is 0 Å². The number of amides is 1. The van der Waals surface area contributed by atoms with E-state index in [2.05, 4.69) is 5.32 Å². The summed E-state index contributed by atoms with van der Waals surface area (Å²) in [5.41, 5.74) is 0.609. The summed E-state index contributed by atoms with van der Waals surface area (Å²) in [6, 6.07) is 12.8. The van der Waals surface area contributed by atoms with Crippen LogP contribution >= 0.6 is 11.3 Å². The molecule has 33 heavy (non-hydrogen) atoms. The van der Waals surface area contributed by atoms with E-state index in [4.69, 9.17) is 9.47 Å². The van der Waals surface area contributed by atoms with E-state index in [0.717, 1.165) is 6.07 Å². The fourth-order valence-electron chi connectivity index (χ4n) is 2.81. The first kappa shape index (κ1) is 23.6. The van der Waals surface area contributed by atoms with E-state index in [1.54, 1.807) is 23.6 Å². The van der Waals surface area contributed by atoms with Crippen LogP contribution in [0.4, 0.5) is 15.8 Å². The number of nitro groups is 1. The molecule has 2 aromatic carbocycles. The number of nitrogens with zero attached hydrogens (tertiary/aromatic N) is 1. The molecule has 1 heterocycles. The largest absolute Gasteiger partial charge is 0.495 e. The highest BCUT2D eigenvalue weighted by Crippen LogP contribution is 2.29. The molecule has 10 heteroatoms. The van der Waals surface area contributed by atoms with E-state index in [-0.39, 0.29) is 22.7 Å². The molecule has 1 aromatic heterocycles. The van der Waals surface area contributed by atoms with Crippen molar-refractivity contribution in [3.8, 4) is 5.75 Å². The molecule has 1 atom stereocenters. The molecule has 3 rings (SSSR count). The summed E-state index contributed by atoms with van der Waals surface area (Å²) >= 11 is 1.30. The van der Waals surface area contributed by atoms with Crippen LogP contribution in [-0.2, 0) is 14.3 Å². The van der Waals surface area contributed by atoms with Gasteiger partial charge in [-0.15, -0.1) is 11.3 Å². The van der Waals surface area contributed by atoms with E-state index < -0.39 is 28.7 Å². The van der Waals surface area contributed by atoms with Gasteiger partial charge in [-0.1, -0.05) is 18.2 Å². The van der Waals surface area contributed by atoms with Gasteiger partial charge in [-0.25, -0.2) is 9.18 Å². The van der Waals surface area contributed by atoms with Crippen molar-refractivity contribution in [1.29, 1.82) is 0 Å². The van der Waals surface area contributed by atoms with E-state index in [0.29, 0.717) is 10.4 Å². The molecule has 8 nitrogen and oxygen atoms in total. The van der Waals surface area contributed by atoms with Crippen molar-refractivity contribution in [3.05, 3.63) is 86.3 Å². The second-order valence-electron chi connectivity index (χ2n) is 6.77. The minimum atomic E-state index is -1.22. The number of halogens is 1. The Morgan fingerprint density at radius 1 is 1.18 bits per heavy atom. The van der Waals surface area contributed by atoms with Gasteiger partial charge in [-0.3, -0.25) is 14.9 Å². The van der Waals surface area contributed by atoms with Crippen LogP contribution in [0.1, 0.15) is 17.4 Å². The van der Waals surface area contributed by atoms with Crippen LogP contribution < -0.4 is 10.1 Å². The smallest absolute Gasteiger partial charge is 0.340 e. The van der Waals surface area contributed by atoms with Crippen molar-refractivity contribution in [2.45, 2.75) is 13.0 Å². The van der Waals surface area contributed by atoms with E-state index in [1.165, 1.54) is 61.8 Å². The number of hydrogen-bond donors (Lipinski definition) is 1. The average molecular weight is 470 g/mol. The fraction of sp³-hybridized carbons (Fsp3) is 0.130. The van der Waals surface area contributed by atoms with Crippen LogP contribution in [0, 0.1) is 15.9 Å². The van der Waals surface area contributed by atoms with Crippen molar-refractivity contribution in [2.24, 2.45) is 0 Å². The Labute approximate surface area is 192 Å². The van der Waals surface area contributed by atoms with Crippen LogP contribution in [0.3, 0.4) is 0 Å². The Morgan fingerprint density at radius 3 is 2.52 bits per heavy atom. The summed E-state index contributed by atoms with van der Waals surface area (Å²) in [4.78, 5) is 36.6. The quantitative estimate of drug-likeness (QED) is 0.217. The van der Waals surface area contributed by atoms with Crippen LogP contribution in [-0.4, -0.2) is 30.0 Å². The molecule has 1 N–H and O–H groups in total. The third-order valence-corrected chi connectivity index (χ3v) is 5.40. The fourth-order valence-corrected chi connectivity index (χ4v) is 3.54. The zero-order chi connectivity index (χ0) is 24.0. The summed E-state index contributed by atoms with van der Waals surface area (Å²) in [7, 11) is 1.35. The van der Waals surface area contributed by atoms with Gasteiger partial charge in [0.15, 0.2) is 6.10 Å². The van der Waals surface area contributed by atoms with Gasteiger partial charge in [0.1, 0.15) is 11.6 Å². The number of esters is 1. The number of carbonyl (C=O) groups is 2. The highest BCUT2D eigenvalue weighted by atomic mass is 32.1. The predicted octanol–water partition coefficient (Wildman–Crippen LogP) is 4.92. The zero-order valence-corrected chi connectivity index (χ0v) is 18.4. The molecule has 0 aliphatic heterocycles. The molecule has 170 valence electrons. The zero-order valence-electron chi connectivity index (χ0n) is 17.6. The van der Waals surface area contributed by atoms with Gasteiger partial charge in [0.25, 0.3) is 11.6 Å². The maximum Gasteiger partial charge on any atom is 0.340 e. The van der Waals surface area contributed by atoms with Gasteiger partial charge in [0.2, 0.25) is 0 Å². The van der Waals surface area contributed by atoms with Crippen LogP contribution in [0.5, 0.6) is 5.75 Å². The monoisotopic (exact) mass is 470 g/mol. The molecular weight excluding hydrogens is 451 g/mol. The van der Waals surface area contributed by atoms with E-state index in [1.807, 2.05) is 0 Å². The lowest BCUT2D eigenvalue weighted by atomic mass is 10.1. The van der Waals surface area contributed by atoms with Crippen molar-refractivity contribution >= 4 is 46.2 Å². The third-order valence-electron chi connectivity index (χ3n) is 4.49. The minimum absolute atomic E-state index is 0.0694. The highest BCUT2D eigenvalue weighted by Gasteiger charge is 2.24. The van der Waals surface area contributed by atoms with Crippen molar-refractivity contribution < 1.29 is 28.4 Å². The summed E-state index contributed by atoms with van der Waals surface area (Å²) in [6.07, 6.45) is 0.319. The van der Waals surface area contributed by atoms with Gasteiger partial charge in [0.05, 0.1) is 23.3 Å². The number of ether oxygens (including phenoxy) is 2. The second kappa shape index (κ2) is 10.5. The number of anilines is 1. The number of thiophene rings is 1.